The lowest BCUT2D eigenvalue weighted by Crippen LogP contribution is -2.04. The maximum Gasteiger partial charge on any atom is 0.387 e. The van der Waals surface area contributed by atoms with Gasteiger partial charge >= 0.3 is 6.61 Å². The minimum Gasteiger partial charge on any atom is -0.491 e. The van der Waals surface area contributed by atoms with Crippen LogP contribution in [0, 0.1) is 0 Å². The molecule has 0 aliphatic rings. The lowest BCUT2D eigenvalue weighted by atomic mass is 10.1. The second-order valence-corrected chi connectivity index (χ2v) is 6.85. The van der Waals surface area contributed by atoms with Gasteiger partial charge in [-0.1, -0.05) is 12.1 Å². The largest absolute Gasteiger partial charge is 0.491 e. The standard InChI is InChI=1S/C24H21F2N3O3/c1-30-10-11-31-19-8-7-16-12-22(17-4-3-9-27-15-17)29-23(21(16)14-19)28-18-5-2-6-20(13-18)32-24(25)26/h2-9,12-15,24H,10-11H2,1H3,(H,28,29). The topological polar surface area (TPSA) is 65.5 Å². The number of nitrogens with one attached hydrogen (secondary N) is 1. The van der Waals surface area contributed by atoms with E-state index >= 15 is 0 Å². The fraction of sp³-hybridized carbons (Fsp3) is 0.167. The van der Waals surface area contributed by atoms with Crippen molar-refractivity contribution in [3.63, 3.8) is 0 Å². The van der Waals surface area contributed by atoms with E-state index < -0.39 is 6.61 Å². The Labute approximate surface area is 183 Å². The molecule has 0 fully saturated rings. The summed E-state index contributed by atoms with van der Waals surface area (Å²) in [6.45, 7) is -2.01. The Kier molecular flexibility index (Phi) is 6.72. The van der Waals surface area contributed by atoms with Crippen LogP contribution in [0.15, 0.2) is 73.1 Å². The quantitative estimate of drug-likeness (QED) is 0.341. The Morgan fingerprint density at radius 1 is 0.969 bits per heavy atom. The van der Waals surface area contributed by atoms with Crippen LogP contribution in [0.5, 0.6) is 11.5 Å². The van der Waals surface area contributed by atoms with E-state index in [2.05, 4.69) is 15.0 Å². The molecule has 0 unspecified atom stereocenters. The van der Waals surface area contributed by atoms with Crippen LogP contribution < -0.4 is 14.8 Å². The first-order chi connectivity index (χ1) is 15.6. The lowest BCUT2D eigenvalue weighted by Gasteiger charge is -2.14. The number of methoxy groups -OCH3 is 1. The normalized spacial score (nSPS) is 11.0. The smallest absolute Gasteiger partial charge is 0.387 e. The van der Waals surface area contributed by atoms with E-state index in [1.54, 1.807) is 31.6 Å². The molecule has 1 N–H and O–H groups in total. The molecule has 4 rings (SSSR count). The number of pyridine rings is 2. The van der Waals surface area contributed by atoms with Crippen LogP contribution in [0.25, 0.3) is 22.0 Å². The van der Waals surface area contributed by atoms with E-state index in [0.717, 1.165) is 22.0 Å². The molecule has 0 bridgehead atoms. The zero-order valence-corrected chi connectivity index (χ0v) is 17.3. The zero-order chi connectivity index (χ0) is 22.3. The van der Waals surface area contributed by atoms with Crippen molar-refractivity contribution < 1.29 is 23.0 Å². The molecule has 0 aliphatic heterocycles. The Bertz CT molecular complexity index is 1190. The predicted octanol–water partition coefficient (Wildman–Crippen LogP) is 5.67. The number of nitrogens with zero attached hydrogens (tertiary/aromatic N) is 2. The van der Waals surface area contributed by atoms with Gasteiger partial charge in [0, 0.05) is 42.2 Å². The third kappa shape index (κ3) is 5.28. The van der Waals surface area contributed by atoms with Crippen molar-refractivity contribution in [2.24, 2.45) is 0 Å². The van der Waals surface area contributed by atoms with E-state index in [1.165, 1.54) is 12.1 Å². The predicted molar refractivity (Wildman–Crippen MR) is 119 cm³/mol. The minimum atomic E-state index is -2.90. The second kappa shape index (κ2) is 10.0. The first-order valence-corrected chi connectivity index (χ1v) is 9.91. The summed E-state index contributed by atoms with van der Waals surface area (Å²) in [7, 11) is 1.61. The first kappa shape index (κ1) is 21.5. The van der Waals surface area contributed by atoms with E-state index in [1.807, 2.05) is 36.4 Å². The molecule has 0 amide bonds. The third-order valence-electron chi connectivity index (χ3n) is 4.64. The van der Waals surface area contributed by atoms with Gasteiger partial charge in [-0.15, -0.1) is 0 Å². The van der Waals surface area contributed by atoms with E-state index in [9.17, 15) is 8.78 Å². The van der Waals surface area contributed by atoms with Crippen LogP contribution in [0.2, 0.25) is 0 Å². The average molecular weight is 437 g/mol. The molecular formula is C24H21F2N3O3. The lowest BCUT2D eigenvalue weighted by molar-refractivity contribution is -0.0498. The number of ether oxygens (including phenoxy) is 3. The highest BCUT2D eigenvalue weighted by atomic mass is 19.3. The molecule has 8 heteroatoms. The van der Waals surface area contributed by atoms with Crippen molar-refractivity contribution in [1.82, 2.24) is 9.97 Å². The van der Waals surface area contributed by atoms with E-state index in [4.69, 9.17) is 14.5 Å². The van der Waals surface area contributed by atoms with Gasteiger partial charge in [0.15, 0.2) is 0 Å². The number of hydrogen-bond donors (Lipinski definition) is 1. The number of aromatic nitrogens is 2. The molecule has 0 aliphatic carbocycles. The molecule has 2 aromatic carbocycles. The maximum absolute atomic E-state index is 12.6. The summed E-state index contributed by atoms with van der Waals surface area (Å²) < 4.78 is 40.5. The van der Waals surface area contributed by atoms with E-state index in [-0.39, 0.29) is 5.75 Å². The van der Waals surface area contributed by atoms with Crippen LogP contribution in [0.1, 0.15) is 0 Å². The van der Waals surface area contributed by atoms with Crippen molar-refractivity contribution >= 4 is 22.3 Å². The molecule has 2 heterocycles. The Morgan fingerprint density at radius 2 is 1.88 bits per heavy atom. The minimum absolute atomic E-state index is 0.0568. The fourth-order valence-corrected chi connectivity index (χ4v) is 3.20. The van der Waals surface area contributed by atoms with Gasteiger partial charge in [0.25, 0.3) is 0 Å². The van der Waals surface area contributed by atoms with Crippen molar-refractivity contribution in [2.45, 2.75) is 6.61 Å². The molecule has 164 valence electrons. The fourth-order valence-electron chi connectivity index (χ4n) is 3.20. The third-order valence-corrected chi connectivity index (χ3v) is 4.64. The second-order valence-electron chi connectivity index (χ2n) is 6.85. The van der Waals surface area contributed by atoms with Crippen LogP contribution in [0.4, 0.5) is 20.3 Å². The molecule has 4 aromatic rings. The number of rotatable bonds is 9. The number of benzene rings is 2. The van der Waals surface area contributed by atoms with Crippen LogP contribution >= 0.6 is 0 Å². The molecule has 0 saturated carbocycles. The monoisotopic (exact) mass is 437 g/mol. The summed E-state index contributed by atoms with van der Waals surface area (Å²) in [5.41, 5.74) is 2.14. The maximum atomic E-state index is 12.6. The van der Waals surface area contributed by atoms with Crippen LogP contribution in [-0.2, 0) is 4.74 Å². The molecular weight excluding hydrogens is 416 g/mol. The molecule has 0 atom stereocenters. The van der Waals surface area contributed by atoms with Gasteiger partial charge in [-0.25, -0.2) is 4.98 Å². The summed E-state index contributed by atoms with van der Waals surface area (Å²) in [5, 5.41) is 4.97. The van der Waals surface area contributed by atoms with Crippen molar-refractivity contribution in [3.05, 3.63) is 73.1 Å². The summed E-state index contributed by atoms with van der Waals surface area (Å²) >= 11 is 0. The Hall–Kier alpha value is -3.78. The van der Waals surface area contributed by atoms with Crippen LogP contribution in [-0.4, -0.2) is 36.9 Å². The number of hydrogen-bond acceptors (Lipinski definition) is 6. The molecule has 32 heavy (non-hydrogen) atoms. The van der Waals surface area contributed by atoms with Gasteiger partial charge in [0.05, 0.1) is 12.3 Å². The molecule has 2 aromatic heterocycles. The number of fused-ring (bicyclic) bond motifs is 1. The SMILES string of the molecule is COCCOc1ccc2cc(-c3cccnc3)nc(Nc3cccc(OC(F)F)c3)c2c1. The molecule has 6 nitrogen and oxygen atoms in total. The molecule has 0 radical (unpaired) electrons. The summed E-state index contributed by atoms with van der Waals surface area (Å²) in [6.07, 6.45) is 3.43. The van der Waals surface area contributed by atoms with Crippen LogP contribution in [0.3, 0.4) is 0 Å². The number of anilines is 2. The summed E-state index contributed by atoms with van der Waals surface area (Å²) in [4.78, 5) is 8.94. The van der Waals surface area contributed by atoms with Gasteiger partial charge in [0.1, 0.15) is 23.9 Å². The highest BCUT2D eigenvalue weighted by Crippen LogP contribution is 2.33. The zero-order valence-electron chi connectivity index (χ0n) is 17.3. The highest BCUT2D eigenvalue weighted by Gasteiger charge is 2.11. The summed E-state index contributed by atoms with van der Waals surface area (Å²) in [6, 6.07) is 17.8. The van der Waals surface area contributed by atoms with E-state index in [0.29, 0.717) is 30.5 Å². The highest BCUT2D eigenvalue weighted by molar-refractivity contribution is 5.96. The Morgan fingerprint density at radius 3 is 2.66 bits per heavy atom. The van der Waals surface area contributed by atoms with Gasteiger partial charge in [0.2, 0.25) is 0 Å². The van der Waals surface area contributed by atoms with Crippen molar-refractivity contribution in [2.75, 3.05) is 25.6 Å². The van der Waals surface area contributed by atoms with Gasteiger partial charge in [-0.05, 0) is 47.9 Å². The number of halogens is 2. The Balaban J connectivity index is 1.75. The first-order valence-electron chi connectivity index (χ1n) is 9.91. The molecule has 0 saturated heterocycles. The van der Waals surface area contributed by atoms with Gasteiger partial charge in [-0.2, -0.15) is 8.78 Å². The number of alkyl halides is 2. The van der Waals surface area contributed by atoms with Crippen molar-refractivity contribution in [3.8, 4) is 22.8 Å². The van der Waals surface area contributed by atoms with Gasteiger partial charge < -0.3 is 19.5 Å². The van der Waals surface area contributed by atoms with Crippen molar-refractivity contribution in [1.29, 1.82) is 0 Å². The van der Waals surface area contributed by atoms with Gasteiger partial charge in [-0.3, -0.25) is 4.98 Å². The molecule has 0 spiro atoms. The average Bonchev–Trinajstić information content (AvgIpc) is 2.80. The summed E-state index contributed by atoms with van der Waals surface area (Å²) in [5.74, 6) is 1.28.